The van der Waals surface area contributed by atoms with Gasteiger partial charge in [-0.3, -0.25) is 0 Å². The lowest BCUT2D eigenvalue weighted by molar-refractivity contribution is 0.0606. The first kappa shape index (κ1) is 22.4. The number of methoxy groups -OCH3 is 1. The maximum Gasteiger partial charge on any atom is 0.348 e. The third kappa shape index (κ3) is 5.19. The van der Waals surface area contributed by atoms with E-state index in [2.05, 4.69) is 37.0 Å². The highest BCUT2D eigenvalue weighted by atomic mass is 32.1. The van der Waals surface area contributed by atoms with Crippen molar-refractivity contribution in [3.8, 4) is 22.3 Å². The lowest BCUT2D eigenvalue weighted by Gasteiger charge is -2.24. The summed E-state index contributed by atoms with van der Waals surface area (Å²) in [5.41, 5.74) is 1.60. The molecule has 0 radical (unpaired) electrons. The van der Waals surface area contributed by atoms with E-state index < -0.39 is 0 Å². The van der Waals surface area contributed by atoms with Crippen molar-refractivity contribution in [2.75, 3.05) is 37.9 Å². The molecule has 0 bridgehead atoms. The number of piperidine rings is 1. The summed E-state index contributed by atoms with van der Waals surface area (Å²) in [6.45, 7) is 1.71. The van der Waals surface area contributed by atoms with E-state index in [1.165, 1.54) is 18.4 Å². The third-order valence-electron chi connectivity index (χ3n) is 5.04. The quantitative estimate of drug-likeness (QED) is 0.447. The molecule has 0 saturated carbocycles. The summed E-state index contributed by atoms with van der Waals surface area (Å²) in [5.74, 6) is 0.990. The summed E-state index contributed by atoms with van der Waals surface area (Å²) in [4.78, 5) is 26.3. The second-order valence-electron chi connectivity index (χ2n) is 7.26. The fraction of sp³-hybridized carbons (Fsp3) is 0.318. The van der Waals surface area contributed by atoms with Crippen molar-refractivity contribution in [3.05, 3.63) is 41.2 Å². The molecule has 1 aliphatic heterocycles. The number of pyridine rings is 1. The van der Waals surface area contributed by atoms with Gasteiger partial charge < -0.3 is 25.4 Å². The minimum absolute atomic E-state index is 0.00463. The standard InChI is InChI=1S/C22H23N7O3S/c1-24-20-15(18-5-6-19(33-18)21(30)31-2)12-27-22(29-20)28-13-8-17(16(9-23)26-10-13)32-14-4-3-7-25-11-14/h5-6,8,10,12,14,25H,3-4,7,11H2,1-2H3,(H2,24,27,28,29). The van der Waals surface area contributed by atoms with Gasteiger partial charge in [0, 0.05) is 30.7 Å². The Bertz CT molecular complexity index is 1180. The highest BCUT2D eigenvalue weighted by Crippen LogP contribution is 2.33. The number of hydrogen-bond donors (Lipinski definition) is 3. The highest BCUT2D eigenvalue weighted by Gasteiger charge is 2.18. The summed E-state index contributed by atoms with van der Waals surface area (Å²) in [7, 11) is 3.11. The average molecular weight is 466 g/mol. The van der Waals surface area contributed by atoms with Crippen molar-refractivity contribution in [3.63, 3.8) is 0 Å². The molecule has 170 valence electrons. The zero-order valence-corrected chi connectivity index (χ0v) is 19.0. The van der Waals surface area contributed by atoms with E-state index in [4.69, 9.17) is 9.47 Å². The Labute approximate surface area is 195 Å². The van der Waals surface area contributed by atoms with Crippen LogP contribution in [0.1, 0.15) is 28.2 Å². The van der Waals surface area contributed by atoms with E-state index in [1.54, 1.807) is 31.6 Å². The zero-order chi connectivity index (χ0) is 23.2. The van der Waals surface area contributed by atoms with Gasteiger partial charge in [0.05, 0.1) is 24.6 Å². The van der Waals surface area contributed by atoms with Crippen LogP contribution < -0.4 is 20.7 Å². The Morgan fingerprint density at radius 3 is 2.94 bits per heavy atom. The molecular formula is C22H23N7O3S. The van der Waals surface area contributed by atoms with Gasteiger partial charge in [-0.1, -0.05) is 0 Å². The summed E-state index contributed by atoms with van der Waals surface area (Å²) in [5, 5.41) is 18.9. The van der Waals surface area contributed by atoms with Crippen molar-refractivity contribution >= 4 is 34.8 Å². The Kier molecular flexibility index (Phi) is 6.97. The monoisotopic (exact) mass is 465 g/mol. The number of rotatable bonds is 7. The molecule has 4 heterocycles. The first-order valence-electron chi connectivity index (χ1n) is 10.4. The van der Waals surface area contributed by atoms with Gasteiger partial charge >= 0.3 is 5.97 Å². The molecule has 11 heteroatoms. The van der Waals surface area contributed by atoms with Crippen molar-refractivity contribution in [1.82, 2.24) is 20.3 Å². The molecule has 1 aliphatic rings. The van der Waals surface area contributed by atoms with Crippen LogP contribution in [0.15, 0.2) is 30.6 Å². The predicted octanol–water partition coefficient (Wildman–Crippen LogP) is 3.17. The van der Waals surface area contributed by atoms with Gasteiger partial charge in [0.15, 0.2) is 11.4 Å². The van der Waals surface area contributed by atoms with E-state index in [0.29, 0.717) is 28.1 Å². The molecule has 3 N–H and O–H groups in total. The molecule has 1 unspecified atom stereocenters. The zero-order valence-electron chi connectivity index (χ0n) is 18.2. The SMILES string of the molecule is CNc1nc(Nc2cnc(C#N)c(OC3CCCNC3)c2)ncc1-c1ccc(C(=O)OC)s1. The summed E-state index contributed by atoms with van der Waals surface area (Å²) < 4.78 is 10.8. The number of ether oxygens (including phenoxy) is 2. The smallest absolute Gasteiger partial charge is 0.348 e. The number of thiophene rings is 1. The molecule has 0 amide bonds. The number of nitriles is 1. The number of nitrogens with one attached hydrogen (secondary N) is 3. The van der Waals surface area contributed by atoms with Crippen molar-refractivity contribution < 1.29 is 14.3 Å². The Hall–Kier alpha value is -3.75. The van der Waals surface area contributed by atoms with Gasteiger partial charge in [0.25, 0.3) is 0 Å². The van der Waals surface area contributed by atoms with Crippen LogP contribution in [0.4, 0.5) is 17.5 Å². The topological polar surface area (TPSA) is 134 Å². The molecule has 1 fully saturated rings. The molecule has 1 saturated heterocycles. The fourth-order valence-corrected chi connectivity index (χ4v) is 4.36. The number of carbonyl (C=O) groups is 1. The number of nitrogens with zero attached hydrogens (tertiary/aromatic N) is 4. The van der Waals surface area contributed by atoms with E-state index in [1.807, 2.05) is 6.07 Å². The van der Waals surface area contributed by atoms with Crippen LogP contribution in [0.25, 0.3) is 10.4 Å². The van der Waals surface area contributed by atoms with Gasteiger partial charge in [-0.15, -0.1) is 11.3 Å². The largest absolute Gasteiger partial charge is 0.486 e. The van der Waals surface area contributed by atoms with Gasteiger partial charge in [-0.2, -0.15) is 10.2 Å². The molecule has 3 aromatic heterocycles. The van der Waals surface area contributed by atoms with Gasteiger partial charge in [-0.05, 0) is 31.5 Å². The normalized spacial score (nSPS) is 15.4. The van der Waals surface area contributed by atoms with Crippen LogP contribution in [-0.2, 0) is 4.74 Å². The summed E-state index contributed by atoms with van der Waals surface area (Å²) >= 11 is 1.30. The molecule has 1 atom stereocenters. The van der Waals surface area contributed by atoms with Gasteiger partial charge in [-0.25, -0.2) is 14.8 Å². The minimum atomic E-state index is -0.383. The number of anilines is 3. The molecule has 0 aromatic carbocycles. The lowest BCUT2D eigenvalue weighted by Crippen LogP contribution is -2.37. The number of esters is 1. The van der Waals surface area contributed by atoms with Gasteiger partial charge in [0.1, 0.15) is 22.9 Å². The molecule has 0 spiro atoms. The molecular weight excluding hydrogens is 442 g/mol. The van der Waals surface area contributed by atoms with Crippen LogP contribution in [-0.4, -0.2) is 54.3 Å². The van der Waals surface area contributed by atoms with Crippen LogP contribution in [0, 0.1) is 11.3 Å². The third-order valence-corrected chi connectivity index (χ3v) is 6.14. The number of hydrogen-bond acceptors (Lipinski definition) is 11. The molecule has 3 aromatic rings. The van der Waals surface area contributed by atoms with Crippen LogP contribution in [0.2, 0.25) is 0 Å². The van der Waals surface area contributed by atoms with Crippen molar-refractivity contribution in [2.24, 2.45) is 0 Å². The summed E-state index contributed by atoms with van der Waals surface area (Å²) in [6.07, 6.45) is 5.16. The molecule has 10 nitrogen and oxygen atoms in total. The molecule has 33 heavy (non-hydrogen) atoms. The Balaban J connectivity index is 1.55. The van der Waals surface area contributed by atoms with Crippen molar-refractivity contribution in [1.29, 1.82) is 5.26 Å². The van der Waals surface area contributed by atoms with E-state index in [0.717, 1.165) is 36.4 Å². The predicted molar refractivity (Wildman–Crippen MR) is 125 cm³/mol. The lowest BCUT2D eigenvalue weighted by atomic mass is 10.1. The maximum absolute atomic E-state index is 11.8. The second-order valence-corrected chi connectivity index (χ2v) is 8.34. The summed E-state index contributed by atoms with van der Waals surface area (Å²) in [6, 6.07) is 7.35. The highest BCUT2D eigenvalue weighted by molar-refractivity contribution is 7.17. The first-order valence-corrected chi connectivity index (χ1v) is 11.2. The van der Waals surface area contributed by atoms with E-state index in [9.17, 15) is 10.1 Å². The van der Waals surface area contributed by atoms with Crippen LogP contribution in [0.3, 0.4) is 0 Å². The minimum Gasteiger partial charge on any atom is -0.486 e. The van der Waals surface area contributed by atoms with E-state index in [-0.39, 0.29) is 17.8 Å². The molecule has 0 aliphatic carbocycles. The fourth-order valence-electron chi connectivity index (χ4n) is 3.42. The average Bonchev–Trinajstić information content (AvgIpc) is 3.34. The molecule has 4 rings (SSSR count). The van der Waals surface area contributed by atoms with Crippen LogP contribution in [0.5, 0.6) is 5.75 Å². The maximum atomic E-state index is 11.8. The Morgan fingerprint density at radius 1 is 1.33 bits per heavy atom. The van der Waals surface area contributed by atoms with Crippen LogP contribution >= 0.6 is 11.3 Å². The number of aromatic nitrogens is 3. The van der Waals surface area contributed by atoms with E-state index >= 15 is 0 Å². The van der Waals surface area contributed by atoms with Crippen molar-refractivity contribution in [2.45, 2.75) is 18.9 Å². The second kappa shape index (κ2) is 10.2. The first-order chi connectivity index (χ1) is 16.1. The van der Waals surface area contributed by atoms with Gasteiger partial charge in [0.2, 0.25) is 5.95 Å². The number of carbonyl (C=O) groups excluding carboxylic acids is 1. The Morgan fingerprint density at radius 2 is 2.21 bits per heavy atom.